The van der Waals surface area contributed by atoms with Gasteiger partial charge in [0.15, 0.2) is 23.1 Å². The molecule has 6 nitrogen and oxygen atoms in total. The molecule has 0 aliphatic carbocycles. The molecular formula is C24H23F2N3O3. The molecule has 2 N–H and O–H groups in total. The number of rotatable bonds is 9. The van der Waals surface area contributed by atoms with Crippen LogP contribution in [0.5, 0.6) is 11.5 Å². The number of aryl methyl sites for hydroxylation is 1. The highest BCUT2D eigenvalue weighted by Gasteiger charge is 2.19. The molecule has 0 bridgehead atoms. The van der Waals surface area contributed by atoms with Crippen molar-refractivity contribution in [2.24, 2.45) is 0 Å². The van der Waals surface area contributed by atoms with Gasteiger partial charge in [-0.1, -0.05) is 24.8 Å². The van der Waals surface area contributed by atoms with E-state index in [0.717, 1.165) is 5.56 Å². The first-order chi connectivity index (χ1) is 15.5. The number of aromatic nitrogens is 1. The second-order valence-electron chi connectivity index (χ2n) is 6.80. The average molecular weight is 439 g/mol. The van der Waals surface area contributed by atoms with Gasteiger partial charge >= 0.3 is 0 Å². The summed E-state index contributed by atoms with van der Waals surface area (Å²) in [6, 6.07) is 11.9. The highest BCUT2D eigenvalue weighted by Crippen LogP contribution is 2.32. The summed E-state index contributed by atoms with van der Waals surface area (Å²) in [6.45, 7) is 3.44. The second-order valence-corrected chi connectivity index (χ2v) is 6.80. The number of methoxy groups -OCH3 is 2. The van der Waals surface area contributed by atoms with Crippen molar-refractivity contribution in [3.8, 4) is 11.5 Å². The summed E-state index contributed by atoms with van der Waals surface area (Å²) < 4.78 is 39.0. The van der Waals surface area contributed by atoms with Gasteiger partial charge in [-0.15, -0.1) is 0 Å². The maximum Gasteiger partial charge on any atom is 0.247 e. The summed E-state index contributed by atoms with van der Waals surface area (Å²) in [4.78, 5) is 16.0. The quantitative estimate of drug-likeness (QED) is 0.458. The largest absolute Gasteiger partial charge is 0.494 e. The molecule has 1 aromatic heterocycles. The van der Waals surface area contributed by atoms with Gasteiger partial charge in [0.2, 0.25) is 5.91 Å². The van der Waals surface area contributed by atoms with Gasteiger partial charge in [0, 0.05) is 17.8 Å². The number of nitrogens with one attached hydrogen (secondary N) is 2. The molecular weight excluding hydrogens is 416 g/mol. The van der Waals surface area contributed by atoms with Crippen LogP contribution in [0.1, 0.15) is 11.1 Å². The molecule has 8 heteroatoms. The molecule has 32 heavy (non-hydrogen) atoms. The molecule has 0 atom stereocenters. The Bertz CT molecular complexity index is 1090. The fourth-order valence-corrected chi connectivity index (χ4v) is 3.09. The van der Waals surface area contributed by atoms with Crippen molar-refractivity contribution in [3.63, 3.8) is 0 Å². The number of pyridine rings is 1. The Labute approximate surface area is 184 Å². The summed E-state index contributed by atoms with van der Waals surface area (Å²) in [7, 11) is 2.63. The van der Waals surface area contributed by atoms with Crippen molar-refractivity contribution < 1.29 is 23.0 Å². The van der Waals surface area contributed by atoms with Gasteiger partial charge in [0.25, 0.3) is 0 Å². The van der Waals surface area contributed by atoms with Crippen molar-refractivity contribution in [1.29, 1.82) is 0 Å². The van der Waals surface area contributed by atoms with Crippen LogP contribution in [0.25, 0.3) is 0 Å². The third-order valence-corrected chi connectivity index (χ3v) is 4.79. The van der Waals surface area contributed by atoms with Crippen LogP contribution < -0.4 is 20.1 Å². The molecule has 0 aliphatic rings. The number of carbonyl (C=O) groups is 1. The number of hydrogen-bond acceptors (Lipinski definition) is 5. The number of para-hydroxylation sites is 2. The molecule has 0 saturated carbocycles. The van der Waals surface area contributed by atoms with E-state index in [0.29, 0.717) is 23.6 Å². The Kier molecular flexibility index (Phi) is 7.38. The maximum absolute atomic E-state index is 14.5. The Morgan fingerprint density at radius 2 is 1.69 bits per heavy atom. The number of benzene rings is 2. The minimum absolute atomic E-state index is 0.0712. The molecule has 0 aliphatic heterocycles. The molecule has 2 aromatic carbocycles. The van der Waals surface area contributed by atoms with Gasteiger partial charge in [-0.3, -0.25) is 4.79 Å². The zero-order valence-electron chi connectivity index (χ0n) is 17.7. The topological polar surface area (TPSA) is 72.5 Å². The summed E-state index contributed by atoms with van der Waals surface area (Å²) in [5.74, 6) is -1.40. The summed E-state index contributed by atoms with van der Waals surface area (Å²) >= 11 is 0. The van der Waals surface area contributed by atoms with E-state index in [4.69, 9.17) is 9.47 Å². The fourth-order valence-electron chi connectivity index (χ4n) is 3.09. The van der Waals surface area contributed by atoms with Crippen LogP contribution in [0.3, 0.4) is 0 Å². The average Bonchev–Trinajstić information content (AvgIpc) is 2.81. The lowest BCUT2D eigenvalue weighted by atomic mass is 10.0. The number of amides is 1. The van der Waals surface area contributed by atoms with Crippen LogP contribution in [0.4, 0.5) is 26.0 Å². The Morgan fingerprint density at radius 3 is 2.25 bits per heavy atom. The Balaban J connectivity index is 1.72. The minimum Gasteiger partial charge on any atom is -0.494 e. The van der Waals surface area contributed by atoms with Crippen LogP contribution >= 0.6 is 0 Å². The van der Waals surface area contributed by atoms with E-state index >= 15 is 0 Å². The van der Waals surface area contributed by atoms with Crippen molar-refractivity contribution in [3.05, 3.63) is 84.1 Å². The normalized spacial score (nSPS) is 10.4. The molecule has 1 amide bonds. The summed E-state index contributed by atoms with van der Waals surface area (Å²) in [6.07, 6.45) is 3.29. The first-order valence-corrected chi connectivity index (χ1v) is 9.80. The lowest BCUT2D eigenvalue weighted by molar-refractivity contribution is -0.111. The van der Waals surface area contributed by atoms with E-state index in [1.807, 2.05) is 12.1 Å². The highest BCUT2D eigenvalue weighted by molar-refractivity contribution is 6.01. The lowest BCUT2D eigenvalue weighted by Crippen LogP contribution is -2.09. The first kappa shape index (κ1) is 22.7. The number of anilines is 3. The van der Waals surface area contributed by atoms with Crippen LogP contribution in [-0.4, -0.2) is 25.1 Å². The van der Waals surface area contributed by atoms with Crippen LogP contribution in [0.15, 0.2) is 61.3 Å². The van der Waals surface area contributed by atoms with E-state index in [-0.39, 0.29) is 29.4 Å². The van der Waals surface area contributed by atoms with Gasteiger partial charge in [-0.05, 0) is 42.7 Å². The van der Waals surface area contributed by atoms with Gasteiger partial charge in [0.1, 0.15) is 5.82 Å². The van der Waals surface area contributed by atoms with Crippen molar-refractivity contribution >= 4 is 23.1 Å². The van der Waals surface area contributed by atoms with Gasteiger partial charge in [0.05, 0.1) is 25.6 Å². The van der Waals surface area contributed by atoms with E-state index in [1.54, 1.807) is 30.5 Å². The highest BCUT2D eigenvalue weighted by atomic mass is 19.1. The monoisotopic (exact) mass is 439 g/mol. The van der Waals surface area contributed by atoms with Crippen molar-refractivity contribution in [2.75, 3.05) is 24.9 Å². The number of ether oxygens (including phenoxy) is 2. The summed E-state index contributed by atoms with van der Waals surface area (Å²) in [5, 5.41) is 5.86. The summed E-state index contributed by atoms with van der Waals surface area (Å²) in [5.41, 5.74) is 1.94. The number of nitrogens with zero attached hydrogens (tertiary/aromatic N) is 1. The zero-order chi connectivity index (χ0) is 23.1. The lowest BCUT2D eigenvalue weighted by Gasteiger charge is -2.13. The van der Waals surface area contributed by atoms with Gasteiger partial charge < -0.3 is 20.1 Å². The number of carbonyl (C=O) groups excluding carboxylic acids is 1. The predicted octanol–water partition coefficient (Wildman–Crippen LogP) is 5.03. The molecule has 3 aromatic rings. The van der Waals surface area contributed by atoms with E-state index in [2.05, 4.69) is 22.2 Å². The molecule has 0 spiro atoms. The molecule has 0 fully saturated rings. The standard InChI is InChI=1S/C24H23F2N3O3/c1-4-22(30)29-18-8-6-5-7-17(18)28-21-12-10-15(14-27-21)9-11-16-23(25)19(31-2)13-20(32-3)24(16)26/h4-8,10,12-14H,1,9,11H2,2-3H3,(H,27,28)(H,29,30). The van der Waals surface area contributed by atoms with Crippen LogP contribution in [0, 0.1) is 11.6 Å². The molecule has 3 rings (SSSR count). The van der Waals surface area contributed by atoms with Crippen LogP contribution in [0.2, 0.25) is 0 Å². The van der Waals surface area contributed by atoms with E-state index in [9.17, 15) is 13.6 Å². The predicted molar refractivity (Wildman–Crippen MR) is 120 cm³/mol. The van der Waals surface area contributed by atoms with E-state index < -0.39 is 11.6 Å². The maximum atomic E-state index is 14.5. The van der Waals surface area contributed by atoms with Crippen LogP contribution in [-0.2, 0) is 17.6 Å². The van der Waals surface area contributed by atoms with Gasteiger partial charge in [-0.25, -0.2) is 13.8 Å². The molecule has 0 radical (unpaired) electrons. The third-order valence-electron chi connectivity index (χ3n) is 4.79. The molecule has 1 heterocycles. The van der Waals surface area contributed by atoms with Crippen molar-refractivity contribution in [1.82, 2.24) is 4.98 Å². The Morgan fingerprint density at radius 1 is 1.03 bits per heavy atom. The Hall–Kier alpha value is -3.94. The van der Waals surface area contributed by atoms with Gasteiger partial charge in [-0.2, -0.15) is 0 Å². The van der Waals surface area contributed by atoms with Crippen molar-refractivity contribution in [2.45, 2.75) is 12.8 Å². The SMILES string of the molecule is C=CC(=O)Nc1ccccc1Nc1ccc(CCc2c(F)c(OC)cc(OC)c2F)cn1. The molecule has 0 unspecified atom stereocenters. The fraction of sp³-hybridized carbons (Fsp3) is 0.167. The molecule has 166 valence electrons. The first-order valence-electron chi connectivity index (χ1n) is 9.80. The third kappa shape index (κ3) is 5.21. The minimum atomic E-state index is -0.741. The second kappa shape index (κ2) is 10.4. The molecule has 0 saturated heterocycles. The van der Waals surface area contributed by atoms with E-state index in [1.165, 1.54) is 26.4 Å². The number of hydrogen-bond donors (Lipinski definition) is 2. The smallest absolute Gasteiger partial charge is 0.247 e. The number of halogens is 2. The zero-order valence-corrected chi connectivity index (χ0v) is 17.7.